The molecule has 1 rings (SSSR count). The molecule has 1 atom stereocenters. The number of furan rings is 1. The summed E-state index contributed by atoms with van der Waals surface area (Å²) in [5.74, 6) is -0.516. The Morgan fingerprint density at radius 3 is 2.61 bits per heavy atom. The van der Waals surface area contributed by atoms with E-state index in [2.05, 4.69) is 10.6 Å². The molecule has 23 heavy (non-hydrogen) atoms. The number of hydrogen-bond acceptors (Lipinski definition) is 5. The molecule has 7 heteroatoms. The van der Waals surface area contributed by atoms with Gasteiger partial charge in [0.05, 0.1) is 13.4 Å². The topological polar surface area (TPSA) is 97.6 Å². The molecule has 2 N–H and O–H groups in total. The van der Waals surface area contributed by atoms with E-state index in [-0.39, 0.29) is 29.9 Å². The van der Waals surface area contributed by atoms with Crippen molar-refractivity contribution in [1.29, 1.82) is 0 Å². The fourth-order valence-corrected chi connectivity index (χ4v) is 2.04. The number of carbonyl (C=O) groups is 3. The maximum atomic E-state index is 11.9. The van der Waals surface area contributed by atoms with Gasteiger partial charge in [0.15, 0.2) is 5.76 Å². The molecule has 1 heterocycles. The highest BCUT2D eigenvalue weighted by Gasteiger charge is 2.22. The Bertz CT molecular complexity index is 511. The molecule has 0 saturated carbocycles. The molecule has 0 saturated heterocycles. The average Bonchev–Trinajstić information content (AvgIpc) is 3.03. The van der Waals surface area contributed by atoms with Crippen molar-refractivity contribution in [2.45, 2.75) is 39.2 Å². The number of carbonyl (C=O) groups excluding carboxylic acids is 3. The van der Waals surface area contributed by atoms with Gasteiger partial charge in [-0.3, -0.25) is 9.59 Å². The van der Waals surface area contributed by atoms with E-state index >= 15 is 0 Å². The van der Waals surface area contributed by atoms with Crippen molar-refractivity contribution in [3.8, 4) is 0 Å². The Kier molecular flexibility index (Phi) is 7.87. The summed E-state index contributed by atoms with van der Waals surface area (Å²) >= 11 is 0. The van der Waals surface area contributed by atoms with Crippen molar-refractivity contribution in [1.82, 2.24) is 10.6 Å². The molecular formula is C16H24N2O5. The normalized spacial score (nSPS) is 11.8. The Morgan fingerprint density at radius 2 is 2.04 bits per heavy atom. The number of hydrogen-bond donors (Lipinski definition) is 2. The van der Waals surface area contributed by atoms with Crippen LogP contribution in [0.5, 0.6) is 0 Å². The summed E-state index contributed by atoms with van der Waals surface area (Å²) in [4.78, 5) is 35.1. The van der Waals surface area contributed by atoms with Crippen LogP contribution in [-0.2, 0) is 14.3 Å². The van der Waals surface area contributed by atoms with Crippen molar-refractivity contribution >= 4 is 17.8 Å². The summed E-state index contributed by atoms with van der Waals surface area (Å²) in [6.45, 7) is 4.28. The summed E-state index contributed by atoms with van der Waals surface area (Å²) in [5.41, 5.74) is 0. The lowest BCUT2D eigenvalue weighted by Crippen LogP contribution is -2.42. The Balaban J connectivity index is 2.29. The van der Waals surface area contributed by atoms with E-state index < -0.39 is 12.0 Å². The zero-order valence-corrected chi connectivity index (χ0v) is 13.8. The summed E-state index contributed by atoms with van der Waals surface area (Å²) in [7, 11) is 1.30. The molecule has 1 aromatic heterocycles. The first-order valence-electron chi connectivity index (χ1n) is 7.63. The highest BCUT2D eigenvalue weighted by Crippen LogP contribution is 2.07. The van der Waals surface area contributed by atoms with Gasteiger partial charge in [0.2, 0.25) is 5.91 Å². The van der Waals surface area contributed by atoms with Gasteiger partial charge >= 0.3 is 5.97 Å². The third-order valence-electron chi connectivity index (χ3n) is 3.14. The first-order chi connectivity index (χ1) is 10.9. The van der Waals surface area contributed by atoms with E-state index in [1.165, 1.54) is 13.4 Å². The molecule has 128 valence electrons. The first kappa shape index (κ1) is 18.7. The van der Waals surface area contributed by atoms with Gasteiger partial charge in [0.1, 0.15) is 6.04 Å². The van der Waals surface area contributed by atoms with E-state index in [0.717, 1.165) is 0 Å². The molecule has 0 aliphatic carbocycles. The number of amides is 2. The number of esters is 1. The summed E-state index contributed by atoms with van der Waals surface area (Å²) in [6.07, 6.45) is 2.62. The number of methoxy groups -OCH3 is 1. The van der Waals surface area contributed by atoms with Crippen LogP contribution < -0.4 is 10.6 Å². The highest BCUT2D eigenvalue weighted by atomic mass is 16.5. The van der Waals surface area contributed by atoms with E-state index in [9.17, 15) is 14.4 Å². The predicted octanol–water partition coefficient (Wildman–Crippen LogP) is 1.49. The number of nitrogens with one attached hydrogen (secondary N) is 2. The van der Waals surface area contributed by atoms with E-state index in [1.54, 1.807) is 12.1 Å². The van der Waals surface area contributed by atoms with Gasteiger partial charge in [-0.2, -0.15) is 0 Å². The molecule has 0 aromatic carbocycles. The minimum atomic E-state index is -0.634. The monoisotopic (exact) mass is 324 g/mol. The minimum absolute atomic E-state index is 0.212. The summed E-state index contributed by atoms with van der Waals surface area (Å²) in [6, 6.07) is 2.56. The molecule has 2 amide bonds. The number of ether oxygens (including phenoxy) is 1. The lowest BCUT2D eigenvalue weighted by Gasteiger charge is -2.18. The smallest absolute Gasteiger partial charge is 0.328 e. The second-order valence-corrected chi connectivity index (χ2v) is 5.61. The SMILES string of the molecule is COC(=O)C(CC(C)C)NC(=O)CCCNC(=O)c1ccco1. The largest absolute Gasteiger partial charge is 0.467 e. The fraction of sp³-hybridized carbons (Fsp3) is 0.562. The lowest BCUT2D eigenvalue weighted by atomic mass is 10.0. The molecule has 7 nitrogen and oxygen atoms in total. The minimum Gasteiger partial charge on any atom is -0.467 e. The Labute approximate surface area is 135 Å². The summed E-state index contributed by atoms with van der Waals surface area (Å²) < 4.78 is 9.65. The van der Waals surface area contributed by atoms with Crippen LogP contribution in [0, 0.1) is 5.92 Å². The van der Waals surface area contributed by atoms with Crippen molar-refractivity contribution in [3.63, 3.8) is 0 Å². The molecule has 0 radical (unpaired) electrons. The van der Waals surface area contributed by atoms with Crippen LogP contribution in [0.3, 0.4) is 0 Å². The third kappa shape index (κ3) is 6.99. The van der Waals surface area contributed by atoms with Crippen molar-refractivity contribution in [2.24, 2.45) is 5.92 Å². The van der Waals surface area contributed by atoms with Gasteiger partial charge < -0.3 is 19.8 Å². The van der Waals surface area contributed by atoms with Crippen LogP contribution in [0.25, 0.3) is 0 Å². The second kappa shape index (κ2) is 9.66. The van der Waals surface area contributed by atoms with E-state index in [0.29, 0.717) is 19.4 Å². The number of rotatable bonds is 9. The van der Waals surface area contributed by atoms with Crippen molar-refractivity contribution < 1.29 is 23.5 Å². The first-order valence-corrected chi connectivity index (χ1v) is 7.63. The Hall–Kier alpha value is -2.31. The van der Waals surface area contributed by atoms with Crippen LogP contribution in [0.15, 0.2) is 22.8 Å². The standard InChI is InChI=1S/C16H24N2O5/c1-11(2)10-12(16(21)22-3)18-14(19)7-4-8-17-15(20)13-6-5-9-23-13/h5-6,9,11-12H,4,7-8,10H2,1-3H3,(H,17,20)(H,18,19). The zero-order chi connectivity index (χ0) is 17.2. The van der Waals surface area contributed by atoms with Gasteiger partial charge in [0, 0.05) is 13.0 Å². The van der Waals surface area contributed by atoms with E-state index in [4.69, 9.17) is 9.15 Å². The quantitative estimate of drug-likeness (QED) is 0.530. The third-order valence-corrected chi connectivity index (χ3v) is 3.14. The lowest BCUT2D eigenvalue weighted by molar-refractivity contribution is -0.145. The van der Waals surface area contributed by atoms with Gasteiger partial charge in [0.25, 0.3) is 5.91 Å². The maximum absolute atomic E-state index is 11.9. The zero-order valence-electron chi connectivity index (χ0n) is 13.8. The van der Waals surface area contributed by atoms with Crippen molar-refractivity contribution in [2.75, 3.05) is 13.7 Å². The van der Waals surface area contributed by atoms with Crippen LogP contribution >= 0.6 is 0 Å². The Morgan fingerprint density at radius 1 is 1.30 bits per heavy atom. The predicted molar refractivity (Wildman–Crippen MR) is 83.7 cm³/mol. The molecule has 0 bridgehead atoms. The fourth-order valence-electron chi connectivity index (χ4n) is 2.04. The van der Waals surface area contributed by atoms with Gasteiger partial charge in [-0.05, 0) is 30.9 Å². The molecule has 0 spiro atoms. The molecular weight excluding hydrogens is 300 g/mol. The summed E-state index contributed by atoms with van der Waals surface area (Å²) in [5, 5.41) is 5.33. The van der Waals surface area contributed by atoms with Crippen LogP contribution in [-0.4, -0.2) is 37.5 Å². The molecule has 0 aliphatic heterocycles. The maximum Gasteiger partial charge on any atom is 0.328 e. The van der Waals surface area contributed by atoms with Gasteiger partial charge in [-0.15, -0.1) is 0 Å². The van der Waals surface area contributed by atoms with Gasteiger partial charge in [-0.25, -0.2) is 4.79 Å². The van der Waals surface area contributed by atoms with Crippen LogP contribution in [0.2, 0.25) is 0 Å². The van der Waals surface area contributed by atoms with Gasteiger partial charge in [-0.1, -0.05) is 13.8 Å². The van der Waals surface area contributed by atoms with Crippen LogP contribution in [0.4, 0.5) is 0 Å². The molecule has 1 aromatic rings. The molecule has 1 unspecified atom stereocenters. The van der Waals surface area contributed by atoms with Crippen molar-refractivity contribution in [3.05, 3.63) is 24.2 Å². The molecule has 0 fully saturated rings. The van der Waals surface area contributed by atoms with Crippen LogP contribution in [0.1, 0.15) is 43.7 Å². The highest BCUT2D eigenvalue weighted by molar-refractivity contribution is 5.91. The average molecular weight is 324 g/mol. The second-order valence-electron chi connectivity index (χ2n) is 5.61. The van der Waals surface area contributed by atoms with E-state index in [1.807, 2.05) is 13.8 Å². The molecule has 0 aliphatic rings.